The van der Waals surface area contributed by atoms with Gasteiger partial charge in [-0.3, -0.25) is 0 Å². The van der Waals surface area contributed by atoms with Gasteiger partial charge in [-0.05, 0) is 43.9 Å². The van der Waals surface area contributed by atoms with Crippen molar-refractivity contribution in [3.05, 3.63) is 23.3 Å². The molecule has 5 nitrogen and oxygen atoms in total. The fraction of sp³-hybridized carbons (Fsp3) is 0.529. The van der Waals surface area contributed by atoms with Gasteiger partial charge in [-0.2, -0.15) is 9.97 Å². The number of benzene rings is 1. The fourth-order valence-electron chi connectivity index (χ4n) is 3.70. The van der Waals surface area contributed by atoms with Crippen LogP contribution in [0.25, 0.3) is 10.9 Å². The molecule has 1 aromatic heterocycles. The molecule has 0 radical (unpaired) electrons. The normalized spacial score (nSPS) is 24.0. The second kappa shape index (κ2) is 5.09. The van der Waals surface area contributed by atoms with E-state index in [0.717, 1.165) is 29.8 Å². The molecule has 0 spiro atoms. The summed E-state index contributed by atoms with van der Waals surface area (Å²) in [5.41, 5.74) is 3.46. The van der Waals surface area contributed by atoms with Gasteiger partial charge >= 0.3 is 6.01 Å². The highest BCUT2D eigenvalue weighted by Crippen LogP contribution is 2.32. The van der Waals surface area contributed by atoms with Crippen LogP contribution in [0, 0.1) is 13.8 Å². The molecule has 1 aromatic carbocycles. The highest BCUT2D eigenvalue weighted by atomic mass is 16.5. The first-order chi connectivity index (χ1) is 10.7. The maximum atomic E-state index is 5.35. The summed E-state index contributed by atoms with van der Waals surface area (Å²) < 4.78 is 5.35. The summed E-state index contributed by atoms with van der Waals surface area (Å²) in [6.45, 7) is 6.26. The first-order valence-corrected chi connectivity index (χ1v) is 7.98. The van der Waals surface area contributed by atoms with Gasteiger partial charge in [0.1, 0.15) is 5.82 Å². The van der Waals surface area contributed by atoms with Gasteiger partial charge in [0.15, 0.2) is 0 Å². The number of aryl methyl sites for hydroxylation is 2. The summed E-state index contributed by atoms with van der Waals surface area (Å²) in [6.07, 6.45) is 2.53. The van der Waals surface area contributed by atoms with Crippen molar-refractivity contribution in [2.45, 2.75) is 38.8 Å². The van der Waals surface area contributed by atoms with E-state index in [9.17, 15) is 0 Å². The van der Waals surface area contributed by atoms with E-state index in [-0.39, 0.29) is 0 Å². The van der Waals surface area contributed by atoms with Crippen LogP contribution in [0.4, 0.5) is 5.82 Å². The molecule has 2 fully saturated rings. The topological polar surface area (TPSA) is 50.3 Å². The Morgan fingerprint density at radius 1 is 1.14 bits per heavy atom. The first kappa shape index (κ1) is 13.8. The lowest BCUT2D eigenvalue weighted by molar-refractivity contribution is 0.380. The number of ether oxygens (including phenoxy) is 1. The molecule has 0 amide bonds. The van der Waals surface area contributed by atoms with Gasteiger partial charge in [0.2, 0.25) is 0 Å². The van der Waals surface area contributed by atoms with Crippen LogP contribution in [0.2, 0.25) is 0 Å². The van der Waals surface area contributed by atoms with Crippen molar-refractivity contribution in [3.63, 3.8) is 0 Å². The summed E-state index contributed by atoms with van der Waals surface area (Å²) in [4.78, 5) is 11.7. The van der Waals surface area contributed by atoms with Crippen LogP contribution in [-0.4, -0.2) is 42.3 Å². The van der Waals surface area contributed by atoms with E-state index < -0.39 is 0 Å². The Morgan fingerprint density at radius 2 is 1.86 bits per heavy atom. The quantitative estimate of drug-likeness (QED) is 0.921. The number of hydrogen-bond donors (Lipinski definition) is 1. The highest BCUT2D eigenvalue weighted by molar-refractivity contribution is 5.92. The lowest BCUT2D eigenvalue weighted by Gasteiger charge is -2.34. The molecule has 3 heterocycles. The third kappa shape index (κ3) is 2.11. The number of hydrogen-bond acceptors (Lipinski definition) is 5. The zero-order valence-electron chi connectivity index (χ0n) is 13.4. The third-order valence-corrected chi connectivity index (χ3v) is 5.05. The van der Waals surface area contributed by atoms with E-state index in [4.69, 9.17) is 4.74 Å². The minimum absolute atomic E-state index is 0.460. The van der Waals surface area contributed by atoms with Gasteiger partial charge in [0.05, 0.1) is 12.6 Å². The summed E-state index contributed by atoms with van der Waals surface area (Å²) in [5.74, 6) is 1.02. The first-order valence-electron chi connectivity index (χ1n) is 7.98. The average molecular weight is 298 g/mol. The van der Waals surface area contributed by atoms with Crippen LogP contribution in [0.3, 0.4) is 0 Å². The molecule has 2 aliphatic rings. The number of nitrogens with zero attached hydrogens (tertiary/aromatic N) is 3. The standard InChI is InChI=1S/C17H22N4O/c1-10-4-7-14-15(11(10)2)19-17(22-3)20-16(14)21-8-12-5-6-13(9-21)18-12/h4,7,12-13,18H,5-6,8-9H2,1-3H3. The van der Waals surface area contributed by atoms with E-state index in [2.05, 4.69) is 46.2 Å². The largest absolute Gasteiger partial charge is 0.467 e. The van der Waals surface area contributed by atoms with Gasteiger partial charge in [-0.25, -0.2) is 0 Å². The Morgan fingerprint density at radius 3 is 2.55 bits per heavy atom. The third-order valence-electron chi connectivity index (χ3n) is 5.05. The van der Waals surface area contributed by atoms with Crippen molar-refractivity contribution in [1.82, 2.24) is 15.3 Å². The van der Waals surface area contributed by atoms with Crippen molar-refractivity contribution in [2.75, 3.05) is 25.1 Å². The van der Waals surface area contributed by atoms with Crippen molar-refractivity contribution in [1.29, 1.82) is 0 Å². The SMILES string of the molecule is COc1nc(N2CC3CCC(C2)N3)c2ccc(C)c(C)c2n1. The maximum Gasteiger partial charge on any atom is 0.318 e. The molecule has 2 aliphatic heterocycles. The van der Waals surface area contributed by atoms with Gasteiger partial charge < -0.3 is 15.0 Å². The molecular weight excluding hydrogens is 276 g/mol. The average Bonchev–Trinajstić information content (AvgIpc) is 2.88. The van der Waals surface area contributed by atoms with E-state index in [0.29, 0.717) is 18.1 Å². The molecule has 0 saturated carbocycles. The fourth-order valence-corrected chi connectivity index (χ4v) is 3.70. The Bertz CT molecular complexity index is 718. The van der Waals surface area contributed by atoms with E-state index in [1.165, 1.54) is 24.0 Å². The summed E-state index contributed by atoms with van der Waals surface area (Å²) in [6, 6.07) is 5.94. The number of rotatable bonds is 2. The zero-order chi connectivity index (χ0) is 15.3. The Balaban J connectivity index is 1.87. The number of fused-ring (bicyclic) bond motifs is 3. The van der Waals surface area contributed by atoms with Crippen LogP contribution in [0.5, 0.6) is 6.01 Å². The summed E-state index contributed by atoms with van der Waals surface area (Å²) >= 11 is 0. The van der Waals surface area contributed by atoms with Gasteiger partial charge in [0.25, 0.3) is 0 Å². The van der Waals surface area contributed by atoms with E-state index >= 15 is 0 Å². The summed E-state index contributed by atoms with van der Waals surface area (Å²) in [5, 5.41) is 4.80. The number of aromatic nitrogens is 2. The molecule has 1 N–H and O–H groups in total. The molecule has 2 saturated heterocycles. The zero-order valence-corrected chi connectivity index (χ0v) is 13.4. The lowest BCUT2D eigenvalue weighted by atomic mass is 10.1. The molecule has 2 unspecified atom stereocenters. The van der Waals surface area contributed by atoms with Crippen LogP contribution < -0.4 is 15.0 Å². The number of methoxy groups -OCH3 is 1. The molecule has 5 heteroatoms. The van der Waals surface area contributed by atoms with Gasteiger partial charge in [-0.1, -0.05) is 6.07 Å². The Kier molecular flexibility index (Phi) is 3.18. The van der Waals surface area contributed by atoms with Crippen LogP contribution in [0.1, 0.15) is 24.0 Å². The van der Waals surface area contributed by atoms with E-state index in [1.807, 2.05) is 0 Å². The van der Waals surface area contributed by atoms with Crippen molar-refractivity contribution in [3.8, 4) is 6.01 Å². The van der Waals surface area contributed by atoms with Crippen molar-refractivity contribution < 1.29 is 4.74 Å². The number of nitrogens with one attached hydrogen (secondary N) is 1. The second-order valence-corrected chi connectivity index (χ2v) is 6.48. The smallest absolute Gasteiger partial charge is 0.318 e. The minimum atomic E-state index is 0.460. The van der Waals surface area contributed by atoms with Crippen LogP contribution in [0.15, 0.2) is 12.1 Å². The highest BCUT2D eigenvalue weighted by Gasteiger charge is 2.33. The Hall–Kier alpha value is -1.88. The molecular formula is C17H22N4O. The monoisotopic (exact) mass is 298 g/mol. The molecule has 22 heavy (non-hydrogen) atoms. The maximum absolute atomic E-state index is 5.35. The van der Waals surface area contributed by atoms with Crippen molar-refractivity contribution in [2.24, 2.45) is 0 Å². The molecule has 4 rings (SSSR count). The van der Waals surface area contributed by atoms with Crippen LogP contribution in [-0.2, 0) is 0 Å². The second-order valence-electron chi connectivity index (χ2n) is 6.48. The Labute approximate surface area is 130 Å². The molecule has 2 aromatic rings. The van der Waals surface area contributed by atoms with Crippen LogP contribution >= 0.6 is 0 Å². The number of anilines is 1. The summed E-state index contributed by atoms with van der Waals surface area (Å²) in [7, 11) is 1.64. The molecule has 116 valence electrons. The van der Waals surface area contributed by atoms with Gasteiger partial charge in [-0.15, -0.1) is 0 Å². The predicted octanol–water partition coefficient (Wildman–Crippen LogP) is 2.20. The lowest BCUT2D eigenvalue weighted by Crippen LogP contribution is -2.51. The number of piperazine rings is 1. The molecule has 2 atom stereocenters. The molecule has 2 bridgehead atoms. The van der Waals surface area contributed by atoms with Crippen molar-refractivity contribution >= 4 is 16.7 Å². The minimum Gasteiger partial charge on any atom is -0.467 e. The predicted molar refractivity (Wildman–Crippen MR) is 87.7 cm³/mol. The van der Waals surface area contributed by atoms with Gasteiger partial charge in [0, 0.05) is 30.6 Å². The van der Waals surface area contributed by atoms with E-state index in [1.54, 1.807) is 7.11 Å². The molecule has 0 aliphatic carbocycles.